The lowest BCUT2D eigenvalue weighted by Crippen LogP contribution is -2.24. The van der Waals surface area contributed by atoms with Gasteiger partial charge in [0.1, 0.15) is 11.5 Å². The number of hydrogen-bond donors (Lipinski definition) is 2. The first kappa shape index (κ1) is 17.4. The number of aryl methyl sites for hydroxylation is 3. The second kappa shape index (κ2) is 6.84. The van der Waals surface area contributed by atoms with Gasteiger partial charge in [0.05, 0.1) is 5.56 Å². The van der Waals surface area contributed by atoms with Crippen molar-refractivity contribution in [2.24, 2.45) is 5.73 Å². The molecule has 2 aromatic heterocycles. The van der Waals surface area contributed by atoms with Crippen LogP contribution in [0.4, 0.5) is 5.00 Å². The third-order valence-corrected chi connectivity index (χ3v) is 5.73. The number of amides is 2. The van der Waals surface area contributed by atoms with Crippen LogP contribution in [0.25, 0.3) is 0 Å². The van der Waals surface area contributed by atoms with E-state index in [0.717, 1.165) is 47.5 Å². The number of carbonyl (C=O) groups excluding carboxylic acids is 2. The average Bonchev–Trinajstić information content (AvgIpc) is 2.88. The highest BCUT2D eigenvalue weighted by Gasteiger charge is 2.25. The van der Waals surface area contributed by atoms with E-state index in [4.69, 9.17) is 5.73 Å². The molecular formula is C18H21N3O3S. The summed E-state index contributed by atoms with van der Waals surface area (Å²) in [6.45, 7) is 3.67. The Morgan fingerprint density at radius 2 is 1.84 bits per heavy atom. The molecule has 0 atom stereocenters. The van der Waals surface area contributed by atoms with Gasteiger partial charge in [0.2, 0.25) is 5.91 Å². The third kappa shape index (κ3) is 3.51. The standard InChI is InChI=1S/C18H21N3O3S/c1-10-7-12(22)8-11(2)21(10)9-15(23)20-18-16(17(19)24)13-5-3-4-6-14(13)25-18/h7-8H,3-6,9H2,1-2H3,(H2,19,24)(H,20,23). The SMILES string of the molecule is Cc1cc(=O)cc(C)n1CC(=O)Nc1sc2c(c1C(N)=O)CCCC2. The van der Waals surface area contributed by atoms with Crippen LogP contribution in [0, 0.1) is 13.8 Å². The van der Waals surface area contributed by atoms with Gasteiger partial charge in [-0.1, -0.05) is 0 Å². The first-order valence-electron chi connectivity index (χ1n) is 8.29. The van der Waals surface area contributed by atoms with Crippen molar-refractivity contribution in [2.45, 2.75) is 46.1 Å². The molecule has 6 nitrogen and oxygen atoms in total. The number of fused-ring (bicyclic) bond motifs is 1. The molecule has 7 heteroatoms. The fourth-order valence-corrected chi connectivity index (χ4v) is 4.67. The molecule has 132 valence electrons. The maximum absolute atomic E-state index is 12.5. The topological polar surface area (TPSA) is 94.2 Å². The van der Waals surface area contributed by atoms with E-state index in [2.05, 4.69) is 5.32 Å². The molecule has 1 aliphatic carbocycles. The molecule has 0 aliphatic heterocycles. The third-order valence-electron chi connectivity index (χ3n) is 4.53. The Labute approximate surface area is 149 Å². The number of nitrogens with zero attached hydrogens (tertiary/aromatic N) is 1. The second-order valence-corrected chi connectivity index (χ2v) is 7.49. The molecule has 2 heterocycles. The summed E-state index contributed by atoms with van der Waals surface area (Å²) >= 11 is 1.45. The molecule has 0 aromatic carbocycles. The lowest BCUT2D eigenvalue weighted by molar-refractivity contribution is -0.116. The molecule has 0 saturated heterocycles. The number of aromatic nitrogens is 1. The predicted octanol–water partition coefficient (Wildman–Crippen LogP) is 2.14. The first-order valence-corrected chi connectivity index (χ1v) is 9.10. The maximum atomic E-state index is 12.5. The quantitative estimate of drug-likeness (QED) is 0.876. The van der Waals surface area contributed by atoms with Crippen LogP contribution in [0.1, 0.15) is 45.0 Å². The minimum absolute atomic E-state index is 0.0754. The second-order valence-electron chi connectivity index (χ2n) is 6.39. The molecule has 3 N–H and O–H groups in total. The fourth-order valence-electron chi connectivity index (χ4n) is 3.36. The molecule has 0 spiro atoms. The van der Waals surface area contributed by atoms with Crippen molar-refractivity contribution in [3.05, 3.63) is 49.7 Å². The number of nitrogens with two attached hydrogens (primary N) is 1. The summed E-state index contributed by atoms with van der Waals surface area (Å²) in [7, 11) is 0. The van der Waals surface area contributed by atoms with Crippen LogP contribution < -0.4 is 16.5 Å². The van der Waals surface area contributed by atoms with Gasteiger partial charge in [-0.3, -0.25) is 14.4 Å². The van der Waals surface area contributed by atoms with Gasteiger partial charge in [0, 0.05) is 28.4 Å². The Morgan fingerprint density at radius 1 is 1.20 bits per heavy atom. The van der Waals surface area contributed by atoms with E-state index in [0.29, 0.717) is 10.6 Å². The van der Waals surface area contributed by atoms with Crippen LogP contribution in [0.3, 0.4) is 0 Å². The first-order chi connectivity index (χ1) is 11.9. The molecule has 0 saturated carbocycles. The van der Waals surface area contributed by atoms with Crippen LogP contribution in [0.15, 0.2) is 16.9 Å². The number of thiophene rings is 1. The summed E-state index contributed by atoms with van der Waals surface area (Å²) in [5.41, 5.74) is 8.38. The van der Waals surface area contributed by atoms with E-state index in [1.165, 1.54) is 23.5 Å². The number of primary amides is 1. The van der Waals surface area contributed by atoms with Gasteiger partial charge in [0.15, 0.2) is 5.43 Å². The minimum Gasteiger partial charge on any atom is -0.365 e. The van der Waals surface area contributed by atoms with Crippen molar-refractivity contribution >= 4 is 28.2 Å². The molecule has 0 fully saturated rings. The van der Waals surface area contributed by atoms with Crippen LogP contribution in [0.5, 0.6) is 0 Å². The Morgan fingerprint density at radius 3 is 2.48 bits per heavy atom. The number of carbonyl (C=O) groups is 2. The summed E-state index contributed by atoms with van der Waals surface area (Å²) in [6, 6.07) is 3.00. The zero-order valence-electron chi connectivity index (χ0n) is 14.3. The number of nitrogens with one attached hydrogen (secondary N) is 1. The summed E-state index contributed by atoms with van der Waals surface area (Å²) in [5, 5.41) is 3.39. The van der Waals surface area contributed by atoms with Crippen molar-refractivity contribution in [1.29, 1.82) is 0 Å². The molecule has 25 heavy (non-hydrogen) atoms. The lowest BCUT2D eigenvalue weighted by Gasteiger charge is -2.14. The van der Waals surface area contributed by atoms with Crippen LogP contribution >= 0.6 is 11.3 Å². The molecule has 0 unspecified atom stereocenters. The van der Waals surface area contributed by atoms with E-state index in [9.17, 15) is 14.4 Å². The van der Waals surface area contributed by atoms with Crippen LogP contribution in [-0.2, 0) is 24.2 Å². The summed E-state index contributed by atoms with van der Waals surface area (Å²) in [4.78, 5) is 37.0. The summed E-state index contributed by atoms with van der Waals surface area (Å²) < 4.78 is 1.77. The van der Waals surface area contributed by atoms with E-state index in [-0.39, 0.29) is 17.9 Å². The number of pyridine rings is 1. The van der Waals surface area contributed by atoms with Crippen LogP contribution in [-0.4, -0.2) is 16.4 Å². The summed E-state index contributed by atoms with van der Waals surface area (Å²) in [6.07, 6.45) is 3.88. The normalized spacial score (nSPS) is 13.4. The highest BCUT2D eigenvalue weighted by atomic mass is 32.1. The lowest BCUT2D eigenvalue weighted by atomic mass is 9.95. The number of hydrogen-bond acceptors (Lipinski definition) is 4. The zero-order chi connectivity index (χ0) is 18.1. The molecule has 2 amide bonds. The minimum atomic E-state index is -0.495. The Kier molecular flexibility index (Phi) is 4.76. The molecular weight excluding hydrogens is 338 g/mol. The van der Waals surface area contributed by atoms with Gasteiger partial charge >= 0.3 is 0 Å². The highest BCUT2D eigenvalue weighted by molar-refractivity contribution is 7.17. The molecule has 1 aliphatic rings. The van der Waals surface area contributed by atoms with E-state index >= 15 is 0 Å². The van der Waals surface area contributed by atoms with Crippen molar-refractivity contribution in [1.82, 2.24) is 4.57 Å². The van der Waals surface area contributed by atoms with Crippen molar-refractivity contribution in [3.63, 3.8) is 0 Å². The van der Waals surface area contributed by atoms with E-state index in [1.807, 2.05) is 0 Å². The molecule has 0 bridgehead atoms. The van der Waals surface area contributed by atoms with Gasteiger partial charge in [-0.25, -0.2) is 0 Å². The van der Waals surface area contributed by atoms with Gasteiger partial charge in [-0.05, 0) is 45.1 Å². The Hall–Kier alpha value is -2.41. The largest absolute Gasteiger partial charge is 0.365 e. The van der Waals surface area contributed by atoms with Crippen molar-refractivity contribution in [2.75, 3.05) is 5.32 Å². The smallest absolute Gasteiger partial charge is 0.251 e. The fraction of sp³-hybridized carbons (Fsp3) is 0.389. The average molecular weight is 359 g/mol. The predicted molar refractivity (Wildman–Crippen MR) is 98.3 cm³/mol. The Bertz CT molecular complexity index is 885. The number of anilines is 1. The van der Waals surface area contributed by atoms with Crippen molar-refractivity contribution in [3.8, 4) is 0 Å². The molecule has 0 radical (unpaired) electrons. The monoisotopic (exact) mass is 359 g/mol. The van der Waals surface area contributed by atoms with Crippen LogP contribution in [0.2, 0.25) is 0 Å². The maximum Gasteiger partial charge on any atom is 0.251 e. The molecule has 3 rings (SSSR count). The number of rotatable bonds is 4. The van der Waals surface area contributed by atoms with Gasteiger partial charge in [0.25, 0.3) is 5.91 Å². The van der Waals surface area contributed by atoms with Gasteiger partial charge < -0.3 is 15.6 Å². The van der Waals surface area contributed by atoms with E-state index in [1.54, 1.807) is 18.4 Å². The molecule has 2 aromatic rings. The van der Waals surface area contributed by atoms with E-state index < -0.39 is 5.91 Å². The Balaban J connectivity index is 1.86. The zero-order valence-corrected chi connectivity index (χ0v) is 15.2. The summed E-state index contributed by atoms with van der Waals surface area (Å²) in [5.74, 6) is -0.735. The van der Waals surface area contributed by atoms with Crippen molar-refractivity contribution < 1.29 is 9.59 Å². The van der Waals surface area contributed by atoms with Gasteiger partial charge in [-0.2, -0.15) is 0 Å². The van der Waals surface area contributed by atoms with Gasteiger partial charge in [-0.15, -0.1) is 11.3 Å². The highest BCUT2D eigenvalue weighted by Crippen LogP contribution is 2.37.